The highest BCUT2D eigenvalue weighted by atomic mass is 16.9. The summed E-state index contributed by atoms with van der Waals surface area (Å²) < 4.78 is 0. The van der Waals surface area contributed by atoms with Crippen LogP contribution in [0.25, 0.3) is 0 Å². The fourth-order valence-electron chi connectivity index (χ4n) is 1.49. The molecule has 1 fully saturated rings. The maximum absolute atomic E-state index is 11.0. The molecule has 11 heavy (non-hydrogen) atoms. The molecule has 1 aliphatic rings. The molecule has 0 aromatic heterocycles. The quantitative estimate of drug-likeness (QED) is 0.432. The molecule has 0 saturated carbocycles. The number of hydrogen-bond acceptors (Lipinski definition) is 4. The van der Waals surface area contributed by atoms with E-state index >= 15 is 0 Å². The van der Waals surface area contributed by atoms with E-state index in [1.165, 1.54) is 5.01 Å². The van der Waals surface area contributed by atoms with Gasteiger partial charge in [-0.1, -0.05) is 0 Å². The molecule has 0 radical (unpaired) electrons. The molecule has 0 aromatic rings. The van der Waals surface area contributed by atoms with Crippen LogP contribution in [0.1, 0.15) is 12.8 Å². The number of aliphatic hydroxyl groups is 1. The highest BCUT2D eigenvalue weighted by molar-refractivity contribution is 4.72. The molecule has 0 aliphatic carbocycles. The van der Waals surface area contributed by atoms with E-state index in [0.29, 0.717) is 6.54 Å². The predicted molar refractivity (Wildman–Crippen MR) is 38.2 cm³/mol. The van der Waals surface area contributed by atoms with Crippen LogP contribution in [-0.2, 0) is 0 Å². The topological polar surface area (TPSA) is 66.8 Å². The van der Waals surface area contributed by atoms with Crippen LogP contribution in [-0.4, -0.2) is 46.5 Å². The SMILES string of the molecule is C[N+]([O-])(O)N1CCC[C@H]1CO. The van der Waals surface area contributed by atoms with Gasteiger partial charge < -0.3 is 10.3 Å². The number of rotatable bonds is 2. The van der Waals surface area contributed by atoms with E-state index < -0.39 is 4.92 Å². The van der Waals surface area contributed by atoms with Crippen molar-refractivity contribution in [2.24, 2.45) is 0 Å². The number of quaternary nitrogens is 1. The Bertz CT molecular complexity index is 134. The average molecular weight is 162 g/mol. The second-order valence-electron chi connectivity index (χ2n) is 2.98. The first-order valence-electron chi connectivity index (χ1n) is 3.74. The lowest BCUT2D eigenvalue weighted by Gasteiger charge is -2.38. The van der Waals surface area contributed by atoms with Gasteiger partial charge >= 0.3 is 0 Å². The summed E-state index contributed by atoms with van der Waals surface area (Å²) in [6, 6.07) is -0.178. The molecule has 0 bridgehead atoms. The van der Waals surface area contributed by atoms with Gasteiger partial charge in [0.15, 0.2) is 0 Å². The van der Waals surface area contributed by atoms with Gasteiger partial charge in [0, 0.05) is 0 Å². The third-order valence-corrected chi connectivity index (χ3v) is 2.03. The Labute approximate surface area is 65.5 Å². The number of hydrogen-bond donors (Lipinski definition) is 2. The normalized spacial score (nSPS) is 32.2. The highest BCUT2D eigenvalue weighted by Gasteiger charge is 2.33. The monoisotopic (exact) mass is 162 g/mol. The molecule has 0 amide bonds. The second-order valence-corrected chi connectivity index (χ2v) is 2.98. The lowest BCUT2D eigenvalue weighted by Crippen LogP contribution is -2.53. The Morgan fingerprint density at radius 2 is 2.36 bits per heavy atom. The minimum Gasteiger partial charge on any atom is -0.578 e. The van der Waals surface area contributed by atoms with Crippen LogP contribution in [0.15, 0.2) is 0 Å². The number of aliphatic hydroxyl groups excluding tert-OH is 1. The van der Waals surface area contributed by atoms with E-state index in [1.54, 1.807) is 0 Å². The van der Waals surface area contributed by atoms with Crippen molar-refractivity contribution in [2.75, 3.05) is 20.2 Å². The maximum atomic E-state index is 11.0. The molecule has 1 aliphatic heterocycles. The first-order chi connectivity index (χ1) is 5.05. The third kappa shape index (κ3) is 1.88. The van der Waals surface area contributed by atoms with Crippen LogP contribution in [0, 0.1) is 5.21 Å². The second kappa shape index (κ2) is 3.04. The van der Waals surface area contributed by atoms with Crippen molar-refractivity contribution >= 4 is 0 Å². The summed E-state index contributed by atoms with van der Waals surface area (Å²) in [6.07, 6.45) is 1.65. The van der Waals surface area contributed by atoms with Gasteiger partial charge in [0.25, 0.3) is 0 Å². The standard InChI is InChI=1S/C6H14N2O3/c1-8(10,11)7-4-2-3-6(7)5-9/h6,9-10H,2-5H2,1H3/t6-/m0/s1. The van der Waals surface area contributed by atoms with Crippen molar-refractivity contribution in [3.8, 4) is 0 Å². The highest BCUT2D eigenvalue weighted by Crippen LogP contribution is 2.20. The summed E-state index contributed by atoms with van der Waals surface area (Å²) >= 11 is 0. The van der Waals surface area contributed by atoms with Crippen molar-refractivity contribution in [3.05, 3.63) is 5.21 Å². The predicted octanol–water partition coefficient (Wildman–Crippen LogP) is -0.308. The molecule has 0 aromatic carbocycles. The summed E-state index contributed by atoms with van der Waals surface area (Å²) in [5, 5.41) is 30.1. The Balaban J connectivity index is 2.57. The van der Waals surface area contributed by atoms with Crippen LogP contribution in [0.4, 0.5) is 0 Å². The van der Waals surface area contributed by atoms with Gasteiger partial charge in [-0.25, -0.2) is 0 Å². The van der Waals surface area contributed by atoms with Gasteiger partial charge in [-0.2, -0.15) is 5.21 Å². The van der Waals surface area contributed by atoms with Crippen LogP contribution in [0.3, 0.4) is 0 Å². The Morgan fingerprint density at radius 3 is 2.73 bits per heavy atom. The molecule has 1 heterocycles. The maximum Gasteiger partial charge on any atom is 0.118 e. The van der Waals surface area contributed by atoms with E-state index in [4.69, 9.17) is 10.3 Å². The van der Waals surface area contributed by atoms with Gasteiger partial charge in [0.05, 0.1) is 19.2 Å². The molecule has 2 N–H and O–H groups in total. The van der Waals surface area contributed by atoms with Gasteiger partial charge in [0.2, 0.25) is 0 Å². The smallest absolute Gasteiger partial charge is 0.118 e. The van der Waals surface area contributed by atoms with E-state index in [9.17, 15) is 5.21 Å². The third-order valence-electron chi connectivity index (χ3n) is 2.03. The first-order valence-corrected chi connectivity index (χ1v) is 3.74. The summed E-state index contributed by atoms with van der Waals surface area (Å²) in [6.45, 7) is 0.498. The van der Waals surface area contributed by atoms with Crippen molar-refractivity contribution in [2.45, 2.75) is 18.9 Å². The fourth-order valence-corrected chi connectivity index (χ4v) is 1.49. The van der Waals surface area contributed by atoms with Crippen molar-refractivity contribution < 1.29 is 15.2 Å². The van der Waals surface area contributed by atoms with Crippen LogP contribution < -0.4 is 0 Å². The fraction of sp³-hybridized carbons (Fsp3) is 1.00. The van der Waals surface area contributed by atoms with Crippen LogP contribution in [0.5, 0.6) is 0 Å². The molecule has 1 rings (SSSR count). The van der Waals surface area contributed by atoms with Gasteiger partial charge in [-0.15, -0.1) is 9.93 Å². The van der Waals surface area contributed by atoms with Crippen molar-refractivity contribution in [1.82, 2.24) is 5.01 Å². The van der Waals surface area contributed by atoms with Crippen molar-refractivity contribution in [3.63, 3.8) is 0 Å². The largest absolute Gasteiger partial charge is 0.578 e. The zero-order valence-electron chi connectivity index (χ0n) is 6.60. The van der Waals surface area contributed by atoms with Crippen molar-refractivity contribution in [1.29, 1.82) is 0 Å². The van der Waals surface area contributed by atoms with E-state index in [0.717, 1.165) is 19.9 Å². The van der Waals surface area contributed by atoms with E-state index in [1.807, 2.05) is 0 Å². The van der Waals surface area contributed by atoms with Gasteiger partial charge in [-0.3, -0.25) is 0 Å². The Hall–Kier alpha value is -0.200. The van der Waals surface area contributed by atoms with Crippen LogP contribution in [0.2, 0.25) is 0 Å². The zero-order chi connectivity index (χ0) is 8.48. The van der Waals surface area contributed by atoms with Gasteiger partial charge in [-0.05, 0) is 12.8 Å². The molecule has 1 saturated heterocycles. The lowest BCUT2D eigenvalue weighted by molar-refractivity contribution is -1.14. The summed E-state index contributed by atoms with van der Waals surface area (Å²) in [4.78, 5) is -1.41. The molecule has 2 atom stereocenters. The number of hydroxylamine groups is 2. The molecule has 1 unspecified atom stereocenters. The minimum absolute atomic E-state index is 0.0589. The minimum atomic E-state index is -1.41. The molecule has 5 nitrogen and oxygen atoms in total. The van der Waals surface area contributed by atoms with Gasteiger partial charge in [0.1, 0.15) is 7.05 Å². The van der Waals surface area contributed by atoms with Crippen LogP contribution >= 0.6 is 0 Å². The van der Waals surface area contributed by atoms with E-state index in [2.05, 4.69) is 0 Å². The number of nitrogens with zero attached hydrogens (tertiary/aromatic N) is 2. The lowest BCUT2D eigenvalue weighted by atomic mass is 10.2. The molecule has 0 spiro atoms. The molecular formula is C6H14N2O3. The molecule has 5 heteroatoms. The summed E-state index contributed by atoms with van der Waals surface area (Å²) in [7, 11) is 1.15. The van der Waals surface area contributed by atoms with E-state index in [-0.39, 0.29) is 12.6 Å². The molecule has 66 valence electrons. The average Bonchev–Trinajstić information content (AvgIpc) is 2.31. The first kappa shape index (κ1) is 8.89. The zero-order valence-corrected chi connectivity index (χ0v) is 6.60. The summed E-state index contributed by atoms with van der Waals surface area (Å²) in [5.41, 5.74) is 0. The Morgan fingerprint density at radius 1 is 1.73 bits per heavy atom. The summed E-state index contributed by atoms with van der Waals surface area (Å²) in [5.74, 6) is 0. The molecular weight excluding hydrogens is 148 g/mol. The Kier molecular flexibility index (Phi) is 2.46.